The smallest absolute Gasteiger partial charge is 0.243 e. The minimum atomic E-state index is -3.48. The molecule has 0 bridgehead atoms. The average molecular weight is 313 g/mol. The van der Waals surface area contributed by atoms with Crippen LogP contribution in [0.5, 0.6) is 5.75 Å². The quantitative estimate of drug-likeness (QED) is 0.903. The first kappa shape index (κ1) is 16.3. The Bertz CT molecular complexity index is 577. The van der Waals surface area contributed by atoms with Crippen LogP contribution in [0.25, 0.3) is 0 Å². The van der Waals surface area contributed by atoms with Crippen LogP contribution < -0.4 is 4.74 Å². The van der Waals surface area contributed by atoms with Gasteiger partial charge in [-0.1, -0.05) is 13.3 Å². The predicted octanol–water partition coefficient (Wildman–Crippen LogP) is 2.00. The van der Waals surface area contributed by atoms with E-state index in [0.29, 0.717) is 30.3 Å². The maximum atomic E-state index is 12.7. The summed E-state index contributed by atoms with van der Waals surface area (Å²) in [4.78, 5) is 0.224. The number of hydrogen-bond donors (Lipinski definition) is 1. The Labute approximate surface area is 126 Å². The monoisotopic (exact) mass is 313 g/mol. The molecule has 0 aliphatic carbocycles. The van der Waals surface area contributed by atoms with Gasteiger partial charge in [-0.25, -0.2) is 8.42 Å². The Morgan fingerprint density at radius 3 is 2.52 bits per heavy atom. The van der Waals surface area contributed by atoms with E-state index in [0.717, 1.165) is 19.3 Å². The van der Waals surface area contributed by atoms with Gasteiger partial charge in [-0.3, -0.25) is 0 Å². The predicted molar refractivity (Wildman–Crippen MR) is 80.7 cm³/mol. The molecule has 0 aromatic heterocycles. The molecule has 0 spiro atoms. The number of rotatable bonds is 5. The largest absolute Gasteiger partial charge is 0.496 e. The van der Waals surface area contributed by atoms with Gasteiger partial charge in [0, 0.05) is 18.7 Å². The number of ether oxygens (including phenoxy) is 1. The fraction of sp³-hybridized carbons (Fsp3) is 0.600. The van der Waals surface area contributed by atoms with E-state index in [9.17, 15) is 13.5 Å². The summed E-state index contributed by atoms with van der Waals surface area (Å²) in [6.45, 7) is 3.04. The summed E-state index contributed by atoms with van der Waals surface area (Å²) in [6.07, 6.45) is 2.93. The molecule has 1 aliphatic heterocycles. The van der Waals surface area contributed by atoms with Crippen LogP contribution in [0.15, 0.2) is 23.1 Å². The minimum Gasteiger partial charge on any atom is -0.496 e. The lowest BCUT2D eigenvalue weighted by molar-refractivity contribution is 0.268. The van der Waals surface area contributed by atoms with E-state index in [4.69, 9.17) is 4.74 Å². The van der Waals surface area contributed by atoms with Gasteiger partial charge in [-0.15, -0.1) is 0 Å². The third-order valence-corrected chi connectivity index (χ3v) is 6.11. The summed E-state index contributed by atoms with van der Waals surface area (Å²) >= 11 is 0. The molecule has 6 heteroatoms. The molecule has 0 unspecified atom stereocenters. The molecule has 0 saturated carbocycles. The van der Waals surface area contributed by atoms with Gasteiger partial charge >= 0.3 is 0 Å². The first-order valence-corrected chi connectivity index (χ1v) is 8.74. The highest BCUT2D eigenvalue weighted by molar-refractivity contribution is 7.89. The molecule has 2 rings (SSSR count). The zero-order valence-electron chi connectivity index (χ0n) is 12.6. The third kappa shape index (κ3) is 3.39. The number of benzene rings is 1. The van der Waals surface area contributed by atoms with Crippen molar-refractivity contribution in [3.8, 4) is 5.75 Å². The summed E-state index contributed by atoms with van der Waals surface area (Å²) in [5.74, 6) is 1.13. The summed E-state index contributed by atoms with van der Waals surface area (Å²) < 4.78 is 32.0. The third-order valence-electron chi connectivity index (χ3n) is 4.21. The van der Waals surface area contributed by atoms with Crippen molar-refractivity contribution in [3.05, 3.63) is 23.8 Å². The summed E-state index contributed by atoms with van der Waals surface area (Å²) in [7, 11) is -1.99. The number of nitrogens with zero attached hydrogens (tertiary/aromatic N) is 1. The Hall–Kier alpha value is -1.11. The first-order chi connectivity index (χ1) is 10.0. The summed E-state index contributed by atoms with van der Waals surface area (Å²) in [5, 5.41) is 9.33. The molecule has 21 heavy (non-hydrogen) atoms. The van der Waals surface area contributed by atoms with Crippen molar-refractivity contribution in [2.45, 2.75) is 37.7 Å². The summed E-state index contributed by atoms with van der Waals surface area (Å²) in [6, 6.07) is 4.64. The molecule has 1 N–H and O–H groups in total. The van der Waals surface area contributed by atoms with Gasteiger partial charge < -0.3 is 9.84 Å². The molecule has 1 heterocycles. The number of sulfonamides is 1. The van der Waals surface area contributed by atoms with E-state index < -0.39 is 10.0 Å². The highest BCUT2D eigenvalue weighted by Crippen LogP contribution is 2.28. The van der Waals surface area contributed by atoms with E-state index >= 15 is 0 Å². The van der Waals surface area contributed by atoms with Gasteiger partial charge in [0.2, 0.25) is 10.0 Å². The Balaban J connectivity index is 2.24. The number of piperidine rings is 1. The zero-order chi connectivity index (χ0) is 15.5. The summed E-state index contributed by atoms with van der Waals surface area (Å²) in [5.41, 5.74) is 0.488. The molecule has 1 saturated heterocycles. The number of hydrogen-bond acceptors (Lipinski definition) is 4. The van der Waals surface area contributed by atoms with E-state index in [1.165, 1.54) is 13.2 Å². The van der Waals surface area contributed by atoms with Crippen molar-refractivity contribution in [3.63, 3.8) is 0 Å². The van der Waals surface area contributed by atoms with Crippen LogP contribution in [0.4, 0.5) is 0 Å². The van der Waals surface area contributed by atoms with Gasteiger partial charge in [0.1, 0.15) is 5.75 Å². The normalized spacial score (nSPS) is 17.9. The topological polar surface area (TPSA) is 66.8 Å². The van der Waals surface area contributed by atoms with Crippen molar-refractivity contribution in [1.29, 1.82) is 0 Å². The van der Waals surface area contributed by atoms with Crippen LogP contribution in [0, 0.1) is 5.92 Å². The Morgan fingerprint density at radius 1 is 1.33 bits per heavy atom. The molecule has 1 aliphatic rings. The first-order valence-electron chi connectivity index (χ1n) is 7.30. The van der Waals surface area contributed by atoms with Gasteiger partial charge in [-0.05, 0) is 37.0 Å². The average Bonchev–Trinajstić information content (AvgIpc) is 2.54. The van der Waals surface area contributed by atoms with Gasteiger partial charge in [0.05, 0.1) is 18.6 Å². The van der Waals surface area contributed by atoms with Crippen LogP contribution in [-0.4, -0.2) is 38.0 Å². The second kappa shape index (κ2) is 6.77. The molecule has 1 fully saturated rings. The molecule has 0 radical (unpaired) electrons. The molecule has 118 valence electrons. The molecular formula is C15H23NO4S. The van der Waals surface area contributed by atoms with Crippen LogP contribution in [0.1, 0.15) is 31.7 Å². The number of aliphatic hydroxyl groups is 1. The van der Waals surface area contributed by atoms with Crippen LogP contribution in [0.3, 0.4) is 0 Å². The Kier molecular flexibility index (Phi) is 5.24. The highest BCUT2D eigenvalue weighted by atomic mass is 32.2. The van der Waals surface area contributed by atoms with Crippen molar-refractivity contribution in [1.82, 2.24) is 4.31 Å². The van der Waals surface area contributed by atoms with Crippen LogP contribution in [-0.2, 0) is 16.6 Å². The van der Waals surface area contributed by atoms with E-state index in [2.05, 4.69) is 6.92 Å². The molecule has 1 aromatic carbocycles. The van der Waals surface area contributed by atoms with E-state index in [1.54, 1.807) is 16.4 Å². The lowest BCUT2D eigenvalue weighted by atomic mass is 9.96. The SMILES string of the molecule is CCC1CCN(S(=O)(=O)c2ccc(OC)c(CO)c2)CC1. The molecular weight excluding hydrogens is 290 g/mol. The van der Waals surface area contributed by atoms with Gasteiger partial charge in [0.25, 0.3) is 0 Å². The fourth-order valence-electron chi connectivity index (χ4n) is 2.75. The maximum absolute atomic E-state index is 12.7. The lowest BCUT2D eigenvalue weighted by Gasteiger charge is -2.30. The molecule has 0 amide bonds. The van der Waals surface area contributed by atoms with Crippen molar-refractivity contribution in [2.24, 2.45) is 5.92 Å². The van der Waals surface area contributed by atoms with Crippen LogP contribution >= 0.6 is 0 Å². The Morgan fingerprint density at radius 2 is 2.00 bits per heavy atom. The van der Waals surface area contributed by atoms with Gasteiger partial charge in [-0.2, -0.15) is 4.31 Å². The number of aliphatic hydroxyl groups excluding tert-OH is 1. The van der Waals surface area contributed by atoms with Crippen molar-refractivity contribution in [2.75, 3.05) is 20.2 Å². The fourth-order valence-corrected chi connectivity index (χ4v) is 4.27. The molecule has 5 nitrogen and oxygen atoms in total. The molecule has 0 atom stereocenters. The maximum Gasteiger partial charge on any atom is 0.243 e. The zero-order valence-corrected chi connectivity index (χ0v) is 13.4. The second-order valence-electron chi connectivity index (χ2n) is 5.39. The van der Waals surface area contributed by atoms with Gasteiger partial charge in [0.15, 0.2) is 0 Å². The van der Waals surface area contributed by atoms with E-state index in [-0.39, 0.29) is 11.5 Å². The minimum absolute atomic E-state index is 0.224. The standard InChI is InChI=1S/C15H23NO4S/c1-3-12-6-8-16(9-7-12)21(18,19)14-4-5-15(20-2)13(10-14)11-17/h4-5,10,12,17H,3,6-9,11H2,1-2H3. The molecule has 1 aromatic rings. The second-order valence-corrected chi connectivity index (χ2v) is 7.33. The van der Waals surface area contributed by atoms with Crippen molar-refractivity contribution >= 4 is 10.0 Å². The van der Waals surface area contributed by atoms with Crippen LogP contribution in [0.2, 0.25) is 0 Å². The number of methoxy groups -OCH3 is 1. The van der Waals surface area contributed by atoms with E-state index in [1.807, 2.05) is 0 Å². The lowest BCUT2D eigenvalue weighted by Crippen LogP contribution is -2.38. The highest BCUT2D eigenvalue weighted by Gasteiger charge is 2.29. The van der Waals surface area contributed by atoms with Crippen molar-refractivity contribution < 1.29 is 18.3 Å².